The van der Waals surface area contributed by atoms with E-state index in [1.165, 1.54) is 19.3 Å². The predicted octanol–water partition coefficient (Wildman–Crippen LogP) is 2.30. The summed E-state index contributed by atoms with van der Waals surface area (Å²) in [6.45, 7) is 11.3. The molecule has 18 heavy (non-hydrogen) atoms. The Morgan fingerprint density at radius 3 is 2.39 bits per heavy atom. The van der Waals surface area contributed by atoms with Gasteiger partial charge in [-0.15, -0.1) is 0 Å². The van der Waals surface area contributed by atoms with Crippen LogP contribution in [0, 0.1) is 0 Å². The molecule has 0 saturated carbocycles. The highest BCUT2D eigenvalue weighted by Gasteiger charge is 2.33. The van der Waals surface area contributed by atoms with Gasteiger partial charge in [0.25, 0.3) is 0 Å². The molecule has 0 aromatic heterocycles. The molecule has 0 aromatic rings. The van der Waals surface area contributed by atoms with Crippen molar-refractivity contribution in [3.63, 3.8) is 0 Å². The molecule has 0 bridgehead atoms. The van der Waals surface area contributed by atoms with Crippen molar-refractivity contribution in [1.29, 1.82) is 0 Å². The van der Waals surface area contributed by atoms with E-state index in [0.29, 0.717) is 6.04 Å². The minimum absolute atomic E-state index is 0.120. The Morgan fingerprint density at radius 1 is 1.17 bits per heavy atom. The van der Waals surface area contributed by atoms with Gasteiger partial charge < -0.3 is 10.2 Å². The zero-order valence-corrected chi connectivity index (χ0v) is 12.2. The van der Waals surface area contributed by atoms with Gasteiger partial charge >= 0.3 is 6.03 Å². The van der Waals surface area contributed by atoms with Crippen LogP contribution in [0.15, 0.2) is 0 Å². The minimum Gasteiger partial charge on any atom is -0.338 e. The Labute approximate surface area is 112 Å². The van der Waals surface area contributed by atoms with Crippen molar-refractivity contribution in [3.8, 4) is 0 Å². The average molecular weight is 255 g/mol. The Balaban J connectivity index is 2.07. The molecule has 0 radical (unpaired) electrons. The van der Waals surface area contributed by atoms with Crippen molar-refractivity contribution >= 4 is 6.03 Å². The minimum atomic E-state index is 0.120. The molecule has 0 spiro atoms. The van der Waals surface area contributed by atoms with Crippen LogP contribution >= 0.6 is 0 Å². The highest BCUT2D eigenvalue weighted by Crippen LogP contribution is 2.14. The lowest BCUT2D eigenvalue weighted by Crippen LogP contribution is -2.62. The lowest BCUT2D eigenvalue weighted by Gasteiger charge is -2.44. The van der Waals surface area contributed by atoms with Crippen molar-refractivity contribution in [3.05, 3.63) is 0 Å². The van der Waals surface area contributed by atoms with Crippen LogP contribution in [0.1, 0.15) is 46.5 Å². The second-order valence-electron chi connectivity index (χ2n) is 5.07. The molecule has 4 heteroatoms. The van der Waals surface area contributed by atoms with Crippen molar-refractivity contribution in [1.82, 2.24) is 15.1 Å². The smallest absolute Gasteiger partial charge is 0.317 e. The first-order valence-electron chi connectivity index (χ1n) is 7.49. The first-order valence-corrected chi connectivity index (χ1v) is 7.49. The molecule has 1 aliphatic rings. The Kier molecular flexibility index (Phi) is 7.09. The summed E-state index contributed by atoms with van der Waals surface area (Å²) in [5.74, 6) is 0. The largest absolute Gasteiger partial charge is 0.338 e. The molecule has 4 nitrogen and oxygen atoms in total. The summed E-state index contributed by atoms with van der Waals surface area (Å²) >= 11 is 0. The van der Waals surface area contributed by atoms with Gasteiger partial charge in [0.15, 0.2) is 0 Å². The summed E-state index contributed by atoms with van der Waals surface area (Å²) in [6, 6.07) is 0.695. The Morgan fingerprint density at radius 2 is 1.83 bits per heavy atom. The second-order valence-corrected chi connectivity index (χ2v) is 5.07. The predicted molar refractivity (Wildman–Crippen MR) is 75.8 cm³/mol. The van der Waals surface area contributed by atoms with Gasteiger partial charge in [-0.05, 0) is 19.5 Å². The SMILES string of the molecule is CCCCCCNC(=O)N1CC(N(CC)CC)C1. The van der Waals surface area contributed by atoms with E-state index in [1.54, 1.807) is 0 Å². The fraction of sp³-hybridized carbons (Fsp3) is 0.929. The van der Waals surface area contributed by atoms with E-state index in [-0.39, 0.29) is 6.03 Å². The average Bonchev–Trinajstić information content (AvgIpc) is 2.32. The van der Waals surface area contributed by atoms with E-state index in [2.05, 4.69) is 31.0 Å². The standard InChI is InChI=1S/C14H29N3O/c1-4-7-8-9-10-15-14(18)17-11-13(12-17)16(5-2)6-3/h13H,4-12H2,1-3H3,(H,15,18). The lowest BCUT2D eigenvalue weighted by molar-refractivity contribution is 0.0632. The number of nitrogens with zero attached hydrogens (tertiary/aromatic N) is 2. The van der Waals surface area contributed by atoms with E-state index < -0.39 is 0 Å². The summed E-state index contributed by atoms with van der Waals surface area (Å²) in [5, 5.41) is 3.01. The van der Waals surface area contributed by atoms with Gasteiger partial charge in [-0.25, -0.2) is 4.79 Å². The zero-order chi connectivity index (χ0) is 13.4. The van der Waals surface area contributed by atoms with Crippen molar-refractivity contribution in [2.45, 2.75) is 52.5 Å². The van der Waals surface area contributed by atoms with Crippen LogP contribution in [-0.2, 0) is 0 Å². The van der Waals surface area contributed by atoms with Gasteiger partial charge in [0, 0.05) is 25.7 Å². The quantitative estimate of drug-likeness (QED) is 0.676. The highest BCUT2D eigenvalue weighted by molar-refractivity contribution is 5.75. The summed E-state index contributed by atoms with van der Waals surface area (Å²) in [4.78, 5) is 16.1. The van der Waals surface area contributed by atoms with Gasteiger partial charge in [-0.1, -0.05) is 40.0 Å². The number of hydrogen-bond donors (Lipinski definition) is 1. The maximum atomic E-state index is 11.8. The van der Waals surface area contributed by atoms with E-state index in [9.17, 15) is 4.79 Å². The number of hydrogen-bond acceptors (Lipinski definition) is 2. The first-order chi connectivity index (χ1) is 8.72. The molecule has 0 aromatic carbocycles. The molecule has 1 saturated heterocycles. The number of nitrogens with one attached hydrogen (secondary N) is 1. The van der Waals surface area contributed by atoms with Gasteiger partial charge in [-0.2, -0.15) is 0 Å². The van der Waals surface area contributed by atoms with Gasteiger partial charge in [0.05, 0.1) is 0 Å². The summed E-state index contributed by atoms with van der Waals surface area (Å²) in [7, 11) is 0. The van der Waals surface area contributed by atoms with Crippen molar-refractivity contribution < 1.29 is 4.79 Å². The van der Waals surface area contributed by atoms with E-state index in [0.717, 1.165) is 39.1 Å². The van der Waals surface area contributed by atoms with Crippen LogP contribution in [0.5, 0.6) is 0 Å². The molecule has 0 atom stereocenters. The third-order valence-electron chi connectivity index (χ3n) is 3.78. The molecular formula is C14H29N3O. The highest BCUT2D eigenvalue weighted by atomic mass is 16.2. The maximum Gasteiger partial charge on any atom is 0.317 e. The number of urea groups is 1. The molecular weight excluding hydrogens is 226 g/mol. The van der Waals surface area contributed by atoms with E-state index >= 15 is 0 Å². The van der Waals surface area contributed by atoms with Crippen LogP contribution in [-0.4, -0.2) is 54.6 Å². The summed E-state index contributed by atoms with van der Waals surface area (Å²) in [6.07, 6.45) is 4.83. The third kappa shape index (κ3) is 4.48. The number of rotatable bonds is 8. The lowest BCUT2D eigenvalue weighted by atomic mass is 10.1. The number of likely N-dealkylation sites (N-methyl/N-ethyl adjacent to an activating group) is 1. The van der Waals surface area contributed by atoms with Crippen LogP contribution in [0.25, 0.3) is 0 Å². The number of carbonyl (C=O) groups is 1. The van der Waals surface area contributed by atoms with E-state index in [4.69, 9.17) is 0 Å². The molecule has 0 aliphatic carbocycles. The van der Waals surface area contributed by atoms with Crippen molar-refractivity contribution in [2.24, 2.45) is 0 Å². The summed E-state index contributed by atoms with van der Waals surface area (Å²) in [5.41, 5.74) is 0. The molecule has 106 valence electrons. The monoisotopic (exact) mass is 255 g/mol. The normalized spacial score (nSPS) is 15.9. The number of carbonyl (C=O) groups excluding carboxylic acids is 1. The fourth-order valence-electron chi connectivity index (χ4n) is 2.45. The number of unbranched alkanes of at least 4 members (excludes halogenated alkanes) is 3. The van der Waals surface area contributed by atoms with E-state index in [1.807, 2.05) is 4.90 Å². The molecule has 1 N–H and O–H groups in total. The van der Waals surface area contributed by atoms with Crippen LogP contribution in [0.4, 0.5) is 4.79 Å². The van der Waals surface area contributed by atoms with Gasteiger partial charge in [0.2, 0.25) is 0 Å². The first kappa shape index (κ1) is 15.3. The van der Waals surface area contributed by atoms with Crippen LogP contribution < -0.4 is 5.32 Å². The molecule has 1 aliphatic heterocycles. The zero-order valence-electron chi connectivity index (χ0n) is 12.2. The van der Waals surface area contributed by atoms with Gasteiger partial charge in [0.1, 0.15) is 0 Å². The van der Waals surface area contributed by atoms with Crippen LogP contribution in [0.3, 0.4) is 0 Å². The topological polar surface area (TPSA) is 35.6 Å². The summed E-state index contributed by atoms with van der Waals surface area (Å²) < 4.78 is 0. The molecule has 2 amide bonds. The Bertz CT molecular complexity index is 235. The fourth-order valence-corrected chi connectivity index (χ4v) is 2.45. The second kappa shape index (κ2) is 8.35. The number of likely N-dealkylation sites (tertiary alicyclic amines) is 1. The molecule has 1 rings (SSSR count). The third-order valence-corrected chi connectivity index (χ3v) is 3.78. The molecule has 1 fully saturated rings. The molecule has 1 heterocycles. The maximum absolute atomic E-state index is 11.8. The molecule has 0 unspecified atom stereocenters. The van der Waals surface area contributed by atoms with Gasteiger partial charge in [-0.3, -0.25) is 4.90 Å². The Hall–Kier alpha value is -0.770. The number of amides is 2. The van der Waals surface area contributed by atoms with Crippen LogP contribution in [0.2, 0.25) is 0 Å². The van der Waals surface area contributed by atoms with Crippen molar-refractivity contribution in [2.75, 3.05) is 32.7 Å².